The zero-order valence-electron chi connectivity index (χ0n) is 12.6. The Labute approximate surface area is 110 Å². The third kappa shape index (κ3) is 8.98. The molecule has 0 heterocycles. The summed E-state index contributed by atoms with van der Waals surface area (Å²) < 4.78 is 0. The van der Waals surface area contributed by atoms with Gasteiger partial charge < -0.3 is 16.0 Å². The SMILES string of the molecule is CC(NC(=O)CNC(C)(C)C)C(=O)NC(C)(C)C. The molecule has 1 atom stereocenters. The van der Waals surface area contributed by atoms with Gasteiger partial charge in [-0.2, -0.15) is 0 Å². The number of rotatable bonds is 4. The van der Waals surface area contributed by atoms with E-state index in [0.29, 0.717) is 0 Å². The van der Waals surface area contributed by atoms with Crippen molar-refractivity contribution in [2.75, 3.05) is 6.54 Å². The van der Waals surface area contributed by atoms with Gasteiger partial charge in [0.25, 0.3) is 0 Å². The lowest BCUT2D eigenvalue weighted by Gasteiger charge is -2.24. The Kier molecular flexibility index (Phi) is 5.80. The average Bonchev–Trinajstić information content (AvgIpc) is 2.10. The van der Waals surface area contributed by atoms with Gasteiger partial charge in [0.15, 0.2) is 0 Å². The molecule has 0 saturated carbocycles. The van der Waals surface area contributed by atoms with Crippen molar-refractivity contribution in [3.8, 4) is 0 Å². The molecule has 0 rings (SSSR count). The minimum atomic E-state index is -0.529. The van der Waals surface area contributed by atoms with Crippen LogP contribution >= 0.6 is 0 Å². The molecule has 0 fully saturated rings. The molecule has 0 spiro atoms. The lowest BCUT2D eigenvalue weighted by Crippen LogP contribution is -2.53. The molecule has 2 amide bonds. The summed E-state index contributed by atoms with van der Waals surface area (Å²) in [6.45, 7) is 13.5. The molecule has 0 radical (unpaired) electrons. The third-order valence-corrected chi connectivity index (χ3v) is 2.05. The van der Waals surface area contributed by atoms with Crippen molar-refractivity contribution in [2.24, 2.45) is 0 Å². The fraction of sp³-hybridized carbons (Fsp3) is 0.846. The van der Waals surface area contributed by atoms with Crippen molar-refractivity contribution in [2.45, 2.75) is 65.6 Å². The highest BCUT2D eigenvalue weighted by Gasteiger charge is 2.21. The predicted molar refractivity (Wildman–Crippen MR) is 73.3 cm³/mol. The summed E-state index contributed by atoms with van der Waals surface area (Å²) in [5, 5.41) is 8.55. The van der Waals surface area contributed by atoms with E-state index in [9.17, 15) is 9.59 Å². The smallest absolute Gasteiger partial charge is 0.242 e. The van der Waals surface area contributed by atoms with Crippen molar-refractivity contribution < 1.29 is 9.59 Å². The Morgan fingerprint density at radius 1 is 1.00 bits per heavy atom. The van der Waals surface area contributed by atoms with Gasteiger partial charge in [-0.1, -0.05) is 0 Å². The van der Waals surface area contributed by atoms with Crippen LogP contribution in [0.1, 0.15) is 48.5 Å². The maximum Gasteiger partial charge on any atom is 0.242 e. The first kappa shape index (κ1) is 16.9. The maximum absolute atomic E-state index is 11.7. The van der Waals surface area contributed by atoms with Gasteiger partial charge in [-0.05, 0) is 48.5 Å². The van der Waals surface area contributed by atoms with Gasteiger partial charge in [0, 0.05) is 11.1 Å². The van der Waals surface area contributed by atoms with Crippen molar-refractivity contribution in [1.29, 1.82) is 0 Å². The molecular weight excluding hydrogens is 230 g/mol. The fourth-order valence-electron chi connectivity index (χ4n) is 1.18. The number of hydrogen-bond donors (Lipinski definition) is 3. The van der Waals surface area contributed by atoms with E-state index < -0.39 is 6.04 Å². The lowest BCUT2D eigenvalue weighted by molar-refractivity contribution is -0.129. The van der Waals surface area contributed by atoms with E-state index in [4.69, 9.17) is 0 Å². The topological polar surface area (TPSA) is 70.2 Å². The molecule has 0 aliphatic heterocycles. The summed E-state index contributed by atoms with van der Waals surface area (Å²) in [6.07, 6.45) is 0. The van der Waals surface area contributed by atoms with Crippen LogP contribution in [0.25, 0.3) is 0 Å². The molecule has 5 nitrogen and oxygen atoms in total. The summed E-state index contributed by atoms with van der Waals surface area (Å²) in [7, 11) is 0. The molecule has 0 aromatic carbocycles. The van der Waals surface area contributed by atoms with Crippen molar-refractivity contribution in [3.63, 3.8) is 0 Å². The molecule has 0 aliphatic rings. The second kappa shape index (κ2) is 6.18. The molecule has 0 bridgehead atoms. The standard InChI is InChI=1S/C13H27N3O2/c1-9(11(18)16-13(5,6)7)15-10(17)8-14-12(2,3)4/h9,14H,8H2,1-7H3,(H,15,17)(H,16,18). The minimum Gasteiger partial charge on any atom is -0.350 e. The number of carbonyl (C=O) groups excluding carboxylic acids is 2. The maximum atomic E-state index is 11.7. The number of nitrogens with one attached hydrogen (secondary N) is 3. The third-order valence-electron chi connectivity index (χ3n) is 2.05. The van der Waals surface area contributed by atoms with E-state index in [0.717, 1.165) is 0 Å². The van der Waals surface area contributed by atoms with E-state index in [-0.39, 0.29) is 29.4 Å². The Hall–Kier alpha value is -1.10. The second-order valence-corrected chi connectivity index (χ2v) is 6.63. The fourth-order valence-corrected chi connectivity index (χ4v) is 1.18. The van der Waals surface area contributed by atoms with E-state index in [1.807, 2.05) is 41.5 Å². The van der Waals surface area contributed by atoms with Gasteiger partial charge in [0.05, 0.1) is 6.54 Å². The number of carbonyl (C=O) groups is 2. The van der Waals surface area contributed by atoms with Gasteiger partial charge in [-0.15, -0.1) is 0 Å². The first-order valence-electron chi connectivity index (χ1n) is 6.27. The molecule has 18 heavy (non-hydrogen) atoms. The summed E-state index contributed by atoms with van der Waals surface area (Å²) >= 11 is 0. The summed E-state index contributed by atoms with van der Waals surface area (Å²) in [4.78, 5) is 23.4. The summed E-state index contributed by atoms with van der Waals surface area (Å²) in [5.41, 5.74) is -0.409. The lowest BCUT2D eigenvalue weighted by atomic mass is 10.1. The Balaban J connectivity index is 4.12. The van der Waals surface area contributed by atoms with Gasteiger partial charge in [0.1, 0.15) is 6.04 Å². The Morgan fingerprint density at radius 3 is 1.89 bits per heavy atom. The molecule has 0 saturated heterocycles. The van der Waals surface area contributed by atoms with Crippen LogP contribution in [0, 0.1) is 0 Å². The van der Waals surface area contributed by atoms with Crippen LogP contribution in [0.2, 0.25) is 0 Å². The quantitative estimate of drug-likeness (QED) is 0.697. The van der Waals surface area contributed by atoms with Crippen LogP contribution in [-0.4, -0.2) is 35.5 Å². The van der Waals surface area contributed by atoms with E-state index in [1.54, 1.807) is 6.92 Å². The van der Waals surface area contributed by atoms with Crippen LogP contribution in [0.3, 0.4) is 0 Å². The van der Waals surface area contributed by atoms with Crippen molar-refractivity contribution in [1.82, 2.24) is 16.0 Å². The number of hydrogen-bond acceptors (Lipinski definition) is 3. The molecule has 106 valence electrons. The molecule has 5 heteroatoms. The van der Waals surface area contributed by atoms with Crippen LogP contribution in [0.5, 0.6) is 0 Å². The predicted octanol–water partition coefficient (Wildman–Crippen LogP) is 0.794. The average molecular weight is 257 g/mol. The normalized spacial score (nSPS) is 13.9. The molecule has 0 aromatic heterocycles. The summed E-state index contributed by atoms with van der Waals surface area (Å²) in [6, 6.07) is -0.529. The zero-order valence-corrected chi connectivity index (χ0v) is 12.6. The Bertz CT molecular complexity index is 300. The first-order valence-corrected chi connectivity index (χ1v) is 6.27. The van der Waals surface area contributed by atoms with Crippen LogP contribution < -0.4 is 16.0 Å². The molecule has 1 unspecified atom stereocenters. The molecular formula is C13H27N3O2. The summed E-state index contributed by atoms with van der Waals surface area (Å²) in [5.74, 6) is -0.354. The van der Waals surface area contributed by atoms with Gasteiger partial charge in [0.2, 0.25) is 11.8 Å². The van der Waals surface area contributed by atoms with E-state index in [1.165, 1.54) is 0 Å². The highest BCUT2D eigenvalue weighted by Crippen LogP contribution is 1.99. The zero-order chi connectivity index (χ0) is 14.6. The monoisotopic (exact) mass is 257 g/mol. The number of amides is 2. The molecule has 0 aliphatic carbocycles. The largest absolute Gasteiger partial charge is 0.350 e. The van der Waals surface area contributed by atoms with E-state index in [2.05, 4.69) is 16.0 Å². The van der Waals surface area contributed by atoms with Crippen molar-refractivity contribution >= 4 is 11.8 Å². The van der Waals surface area contributed by atoms with E-state index >= 15 is 0 Å². The van der Waals surface area contributed by atoms with Gasteiger partial charge in [-0.25, -0.2) is 0 Å². The van der Waals surface area contributed by atoms with Crippen LogP contribution in [-0.2, 0) is 9.59 Å². The van der Waals surface area contributed by atoms with Gasteiger partial charge in [-0.3, -0.25) is 9.59 Å². The highest BCUT2D eigenvalue weighted by atomic mass is 16.2. The second-order valence-electron chi connectivity index (χ2n) is 6.63. The van der Waals surface area contributed by atoms with Crippen molar-refractivity contribution in [3.05, 3.63) is 0 Å². The highest BCUT2D eigenvalue weighted by molar-refractivity contribution is 5.88. The minimum absolute atomic E-state index is 0.117. The Morgan fingerprint density at radius 2 is 1.50 bits per heavy atom. The van der Waals surface area contributed by atoms with Crippen LogP contribution in [0.4, 0.5) is 0 Å². The molecule has 3 N–H and O–H groups in total. The van der Waals surface area contributed by atoms with Crippen LogP contribution in [0.15, 0.2) is 0 Å². The van der Waals surface area contributed by atoms with Gasteiger partial charge >= 0.3 is 0 Å². The molecule has 0 aromatic rings. The first-order chi connectivity index (χ1) is 7.91.